The van der Waals surface area contributed by atoms with Gasteiger partial charge in [-0.05, 0) is 42.0 Å². The topological polar surface area (TPSA) is 138 Å². The first-order valence-electron chi connectivity index (χ1n) is 9.43. The highest BCUT2D eigenvalue weighted by Crippen LogP contribution is 2.28. The first kappa shape index (κ1) is 24.0. The molecule has 0 aliphatic rings. The predicted molar refractivity (Wildman–Crippen MR) is 128 cm³/mol. The van der Waals surface area contributed by atoms with E-state index in [4.69, 9.17) is 31.7 Å². The number of nitrogens with one attached hydrogen (secondary N) is 2. The van der Waals surface area contributed by atoms with Crippen molar-refractivity contribution in [2.45, 2.75) is 5.16 Å². The molecule has 3 rings (SSSR count). The number of thioether (sulfide) groups is 1. The lowest BCUT2D eigenvalue weighted by Crippen LogP contribution is -2.17. The van der Waals surface area contributed by atoms with Crippen LogP contribution in [0.1, 0.15) is 5.56 Å². The Labute approximate surface area is 199 Å². The molecule has 174 valence electrons. The van der Waals surface area contributed by atoms with Gasteiger partial charge in [0, 0.05) is 5.02 Å². The number of hydrazone groups is 1. The van der Waals surface area contributed by atoms with Crippen molar-refractivity contribution in [3.05, 3.63) is 47.0 Å². The highest BCUT2D eigenvalue weighted by Gasteiger charge is 2.14. The number of benzene rings is 2. The standard InChI is InChI=1S/C20H22ClN7O4S/c1-30-15-7-5-13(21)9-14(15)24-18(29)11-33-20-27-26-19(28(20)22)25-23-10-12-4-6-16(31-2)17(8-12)32-3/h4-10H,11,22H2,1-3H3,(H,24,29)(H,25,26)/b23-10+. The van der Waals surface area contributed by atoms with Gasteiger partial charge >= 0.3 is 0 Å². The Morgan fingerprint density at radius 1 is 1.12 bits per heavy atom. The summed E-state index contributed by atoms with van der Waals surface area (Å²) >= 11 is 7.09. The van der Waals surface area contributed by atoms with Crippen molar-refractivity contribution < 1.29 is 19.0 Å². The van der Waals surface area contributed by atoms with E-state index in [1.165, 1.54) is 11.8 Å². The van der Waals surface area contributed by atoms with Crippen LogP contribution in [0.3, 0.4) is 0 Å². The SMILES string of the molecule is COc1ccc(Cl)cc1NC(=O)CSc1nnc(N/N=C/c2ccc(OC)c(OC)c2)n1N. The number of nitrogens with two attached hydrogens (primary N) is 1. The minimum absolute atomic E-state index is 0.0416. The molecule has 3 aromatic rings. The number of carbonyl (C=O) groups is 1. The van der Waals surface area contributed by atoms with Crippen LogP contribution >= 0.6 is 23.4 Å². The highest BCUT2D eigenvalue weighted by atomic mass is 35.5. The van der Waals surface area contributed by atoms with Gasteiger partial charge < -0.3 is 25.4 Å². The number of hydrogen-bond donors (Lipinski definition) is 3. The van der Waals surface area contributed by atoms with Crippen LogP contribution in [0.4, 0.5) is 11.6 Å². The monoisotopic (exact) mass is 491 g/mol. The first-order valence-corrected chi connectivity index (χ1v) is 10.8. The second kappa shape index (κ2) is 11.3. The summed E-state index contributed by atoms with van der Waals surface area (Å²) in [5, 5.41) is 15.6. The third-order valence-electron chi connectivity index (χ3n) is 4.22. The number of halogens is 1. The average Bonchev–Trinajstić information content (AvgIpc) is 3.17. The zero-order valence-electron chi connectivity index (χ0n) is 18.0. The number of nitrogens with zero attached hydrogens (tertiary/aromatic N) is 4. The van der Waals surface area contributed by atoms with E-state index in [1.807, 2.05) is 6.07 Å². The van der Waals surface area contributed by atoms with Gasteiger partial charge in [-0.2, -0.15) is 5.10 Å². The van der Waals surface area contributed by atoms with Crippen molar-refractivity contribution in [2.75, 3.05) is 43.7 Å². The number of amides is 1. The lowest BCUT2D eigenvalue weighted by molar-refractivity contribution is -0.113. The maximum Gasteiger partial charge on any atom is 0.264 e. The molecule has 33 heavy (non-hydrogen) atoms. The number of hydrogen-bond acceptors (Lipinski definition) is 10. The fraction of sp³-hybridized carbons (Fsp3) is 0.200. The Morgan fingerprint density at radius 2 is 1.85 bits per heavy atom. The van der Waals surface area contributed by atoms with E-state index >= 15 is 0 Å². The van der Waals surface area contributed by atoms with Crippen molar-refractivity contribution in [2.24, 2.45) is 5.10 Å². The van der Waals surface area contributed by atoms with Crippen molar-refractivity contribution in [3.8, 4) is 17.2 Å². The Kier molecular flexibility index (Phi) is 8.22. The summed E-state index contributed by atoms with van der Waals surface area (Å²) in [5.74, 6) is 7.65. The van der Waals surface area contributed by atoms with Gasteiger partial charge in [0.25, 0.3) is 5.95 Å². The van der Waals surface area contributed by atoms with Crippen LogP contribution in [0.25, 0.3) is 0 Å². The summed E-state index contributed by atoms with van der Waals surface area (Å²) in [6, 6.07) is 10.3. The van der Waals surface area contributed by atoms with Crippen molar-refractivity contribution in [1.82, 2.24) is 14.9 Å². The molecule has 0 aliphatic heterocycles. The van der Waals surface area contributed by atoms with E-state index in [2.05, 4.69) is 26.0 Å². The van der Waals surface area contributed by atoms with Gasteiger partial charge in [-0.1, -0.05) is 23.4 Å². The summed E-state index contributed by atoms with van der Waals surface area (Å²) in [6.45, 7) is 0. The maximum atomic E-state index is 12.3. The normalized spacial score (nSPS) is 10.8. The molecule has 4 N–H and O–H groups in total. The van der Waals surface area contributed by atoms with Gasteiger partial charge in [-0.15, -0.1) is 10.2 Å². The molecule has 0 spiro atoms. The van der Waals surface area contributed by atoms with E-state index in [9.17, 15) is 4.79 Å². The minimum Gasteiger partial charge on any atom is -0.495 e. The molecule has 0 fully saturated rings. The lowest BCUT2D eigenvalue weighted by atomic mass is 10.2. The van der Waals surface area contributed by atoms with Crippen LogP contribution in [0.15, 0.2) is 46.7 Å². The molecule has 11 nitrogen and oxygen atoms in total. The van der Waals surface area contributed by atoms with Gasteiger partial charge in [0.15, 0.2) is 11.5 Å². The van der Waals surface area contributed by atoms with Crippen molar-refractivity contribution >= 4 is 47.1 Å². The number of nitrogen functional groups attached to an aromatic ring is 1. The van der Waals surface area contributed by atoms with E-state index in [0.717, 1.165) is 17.3 Å². The lowest BCUT2D eigenvalue weighted by Gasteiger charge is -2.10. The van der Waals surface area contributed by atoms with E-state index in [0.29, 0.717) is 33.1 Å². The quantitative estimate of drug-likeness (QED) is 0.169. The molecule has 0 saturated carbocycles. The molecule has 0 unspecified atom stereocenters. The number of anilines is 2. The fourth-order valence-corrected chi connectivity index (χ4v) is 3.47. The summed E-state index contributed by atoms with van der Waals surface area (Å²) in [4.78, 5) is 12.3. The molecular formula is C20H22ClN7O4S. The largest absolute Gasteiger partial charge is 0.495 e. The van der Waals surface area contributed by atoms with E-state index in [1.54, 1.807) is 50.8 Å². The van der Waals surface area contributed by atoms with Gasteiger partial charge in [-0.3, -0.25) is 4.79 Å². The molecule has 0 radical (unpaired) electrons. The first-order chi connectivity index (χ1) is 15.9. The number of methoxy groups -OCH3 is 3. The second-order valence-corrected chi connectivity index (χ2v) is 7.72. The second-order valence-electron chi connectivity index (χ2n) is 6.34. The van der Waals surface area contributed by atoms with Crippen LogP contribution in [0.5, 0.6) is 17.2 Å². The van der Waals surface area contributed by atoms with Gasteiger partial charge in [-0.25, -0.2) is 10.1 Å². The Bertz CT molecular complexity index is 1160. The van der Waals surface area contributed by atoms with Crippen LogP contribution < -0.4 is 30.8 Å². The summed E-state index contributed by atoms with van der Waals surface area (Å²) < 4.78 is 16.9. The van der Waals surface area contributed by atoms with Gasteiger partial charge in [0.1, 0.15) is 5.75 Å². The number of ether oxygens (including phenoxy) is 3. The molecule has 0 saturated heterocycles. The minimum atomic E-state index is -0.287. The zero-order valence-corrected chi connectivity index (χ0v) is 19.6. The van der Waals surface area contributed by atoms with Crippen molar-refractivity contribution in [1.29, 1.82) is 0 Å². The molecule has 13 heteroatoms. The summed E-state index contributed by atoms with van der Waals surface area (Å²) in [6.07, 6.45) is 1.56. The van der Waals surface area contributed by atoms with Crippen LogP contribution in [-0.2, 0) is 4.79 Å². The number of aromatic nitrogens is 3. The van der Waals surface area contributed by atoms with Crippen LogP contribution in [0, 0.1) is 0 Å². The molecule has 0 atom stereocenters. The van der Waals surface area contributed by atoms with Crippen LogP contribution in [-0.4, -0.2) is 54.1 Å². The maximum absolute atomic E-state index is 12.3. The number of rotatable bonds is 10. The Balaban J connectivity index is 1.57. The molecule has 2 aromatic carbocycles. The molecular weight excluding hydrogens is 470 g/mol. The van der Waals surface area contributed by atoms with Crippen molar-refractivity contribution in [3.63, 3.8) is 0 Å². The summed E-state index contributed by atoms with van der Waals surface area (Å²) in [7, 11) is 4.63. The molecule has 0 aliphatic carbocycles. The third-order valence-corrected chi connectivity index (χ3v) is 5.40. The smallest absolute Gasteiger partial charge is 0.264 e. The molecule has 1 amide bonds. The molecule has 0 bridgehead atoms. The summed E-state index contributed by atoms with van der Waals surface area (Å²) in [5.41, 5.74) is 3.95. The predicted octanol–water partition coefficient (Wildman–Crippen LogP) is 2.85. The zero-order chi connectivity index (χ0) is 23.8. The Morgan fingerprint density at radius 3 is 2.58 bits per heavy atom. The Hall–Kier alpha value is -3.64. The van der Waals surface area contributed by atoms with E-state index in [-0.39, 0.29) is 17.6 Å². The molecule has 1 aromatic heterocycles. The fourth-order valence-electron chi connectivity index (χ4n) is 2.64. The van der Waals surface area contributed by atoms with Gasteiger partial charge in [0.2, 0.25) is 11.1 Å². The highest BCUT2D eigenvalue weighted by molar-refractivity contribution is 7.99. The van der Waals surface area contributed by atoms with E-state index < -0.39 is 0 Å². The molecule has 1 heterocycles. The number of carbonyl (C=O) groups excluding carboxylic acids is 1. The third kappa shape index (κ3) is 6.20. The van der Waals surface area contributed by atoms with Gasteiger partial charge in [0.05, 0.1) is 39.0 Å². The van der Waals surface area contributed by atoms with Crippen LogP contribution in [0.2, 0.25) is 5.02 Å². The average molecular weight is 492 g/mol.